The normalized spacial score (nSPS) is 22.6. The lowest BCUT2D eigenvalue weighted by atomic mass is 9.73. The maximum Gasteiger partial charge on any atom is 0.417 e. The van der Waals surface area contributed by atoms with E-state index in [0.29, 0.717) is 56.3 Å². The summed E-state index contributed by atoms with van der Waals surface area (Å²) >= 11 is 0. The number of hydrogen-bond acceptors (Lipinski definition) is 6. The van der Waals surface area contributed by atoms with Gasteiger partial charge in [-0.1, -0.05) is 5.16 Å². The van der Waals surface area contributed by atoms with Crippen LogP contribution in [-0.4, -0.2) is 55.9 Å². The number of nitriles is 1. The first-order valence-corrected chi connectivity index (χ1v) is 11.1. The fraction of sp³-hybridized carbons (Fsp3) is 0.542. The van der Waals surface area contributed by atoms with Crippen molar-refractivity contribution >= 4 is 11.6 Å². The summed E-state index contributed by atoms with van der Waals surface area (Å²) in [6, 6.07) is 5.47. The van der Waals surface area contributed by atoms with Crippen molar-refractivity contribution in [3.8, 4) is 6.07 Å². The van der Waals surface area contributed by atoms with Crippen molar-refractivity contribution in [2.45, 2.75) is 32.9 Å². The summed E-state index contributed by atoms with van der Waals surface area (Å²) in [4.78, 5) is 16.8. The van der Waals surface area contributed by atoms with Crippen LogP contribution >= 0.6 is 0 Å². The lowest BCUT2D eigenvalue weighted by molar-refractivity contribution is -0.138. The third-order valence-electron chi connectivity index (χ3n) is 7.22. The van der Waals surface area contributed by atoms with Gasteiger partial charge in [-0.3, -0.25) is 4.79 Å². The van der Waals surface area contributed by atoms with Crippen LogP contribution in [0.5, 0.6) is 0 Å². The fourth-order valence-electron chi connectivity index (χ4n) is 5.31. The summed E-state index contributed by atoms with van der Waals surface area (Å²) in [7, 11) is 1.62. The molecule has 4 rings (SSSR count). The van der Waals surface area contributed by atoms with Crippen molar-refractivity contribution in [3.63, 3.8) is 0 Å². The van der Waals surface area contributed by atoms with Crippen LogP contribution < -0.4 is 4.90 Å². The first kappa shape index (κ1) is 24.1. The lowest BCUT2D eigenvalue weighted by Gasteiger charge is -2.43. The molecule has 34 heavy (non-hydrogen) atoms. The van der Waals surface area contributed by atoms with E-state index in [9.17, 15) is 18.0 Å². The van der Waals surface area contributed by atoms with Gasteiger partial charge in [0.25, 0.3) is 0 Å². The number of aromatic nitrogens is 1. The molecule has 0 aliphatic carbocycles. The minimum atomic E-state index is -4.61. The smallest absolute Gasteiger partial charge is 0.384 e. The van der Waals surface area contributed by atoms with E-state index in [1.807, 2.05) is 9.80 Å². The van der Waals surface area contributed by atoms with E-state index in [1.54, 1.807) is 33.1 Å². The Morgan fingerprint density at radius 2 is 2.12 bits per heavy atom. The van der Waals surface area contributed by atoms with Crippen molar-refractivity contribution in [1.82, 2.24) is 10.1 Å². The summed E-state index contributed by atoms with van der Waals surface area (Å²) in [6.45, 7) is 6.14. The molecule has 1 aromatic heterocycles. The highest BCUT2D eigenvalue weighted by Gasteiger charge is 2.50. The van der Waals surface area contributed by atoms with Crippen LogP contribution in [0.2, 0.25) is 0 Å². The summed E-state index contributed by atoms with van der Waals surface area (Å²) in [5.41, 5.74) is 0.328. The quantitative estimate of drug-likeness (QED) is 0.654. The number of piperidine rings is 1. The number of likely N-dealkylation sites (tertiary alicyclic amines) is 1. The summed E-state index contributed by atoms with van der Waals surface area (Å²) in [5, 5.41) is 13.0. The van der Waals surface area contributed by atoms with Crippen LogP contribution in [0.4, 0.5) is 18.9 Å². The van der Waals surface area contributed by atoms with Gasteiger partial charge in [-0.2, -0.15) is 18.4 Å². The zero-order valence-electron chi connectivity index (χ0n) is 19.4. The maximum absolute atomic E-state index is 13.5. The predicted molar refractivity (Wildman–Crippen MR) is 117 cm³/mol. The molecule has 1 amide bonds. The van der Waals surface area contributed by atoms with E-state index < -0.39 is 17.3 Å². The molecule has 10 heteroatoms. The highest BCUT2D eigenvalue weighted by molar-refractivity contribution is 5.79. The molecule has 0 bridgehead atoms. The SMILES string of the molecule is COC[C@@]12CCN(C(=O)Cc3c(C)noc3C)C[C@@H]1CN(c1ccc(C#N)c(C(F)(F)F)c1)C2. The average Bonchev–Trinajstić information content (AvgIpc) is 3.32. The predicted octanol–water partition coefficient (Wildman–Crippen LogP) is 3.73. The van der Waals surface area contributed by atoms with E-state index >= 15 is 0 Å². The van der Waals surface area contributed by atoms with E-state index in [4.69, 9.17) is 14.5 Å². The number of carbonyl (C=O) groups excluding carboxylic acids is 1. The third kappa shape index (κ3) is 4.37. The van der Waals surface area contributed by atoms with Gasteiger partial charge in [0.2, 0.25) is 5.91 Å². The standard InChI is InChI=1S/C24H27F3N4O3/c1-15-20(16(2)34-29-15)9-22(32)30-7-6-23(14-33-3)13-31(12-18(23)11-30)19-5-4-17(10-28)21(8-19)24(25,26)27/h4-5,8,18H,6-7,9,11-14H2,1-3H3/t18-,23+/m1/s1. The van der Waals surface area contributed by atoms with Crippen LogP contribution in [-0.2, 0) is 22.1 Å². The lowest BCUT2D eigenvalue weighted by Crippen LogP contribution is -2.51. The molecule has 3 heterocycles. The van der Waals surface area contributed by atoms with Crippen LogP contribution in [0.25, 0.3) is 0 Å². The molecule has 2 fully saturated rings. The Kier molecular flexibility index (Phi) is 6.34. The molecule has 7 nitrogen and oxygen atoms in total. The van der Waals surface area contributed by atoms with E-state index in [1.165, 1.54) is 6.07 Å². The van der Waals surface area contributed by atoms with Crippen molar-refractivity contribution < 1.29 is 27.2 Å². The van der Waals surface area contributed by atoms with Gasteiger partial charge in [0.05, 0.1) is 35.9 Å². The number of benzene rings is 1. The zero-order valence-corrected chi connectivity index (χ0v) is 19.4. The first-order chi connectivity index (χ1) is 16.1. The van der Waals surface area contributed by atoms with E-state index in [2.05, 4.69) is 5.16 Å². The Bertz CT molecular complexity index is 1100. The minimum absolute atomic E-state index is 0.0170. The Hall–Kier alpha value is -3.06. The number of carbonyl (C=O) groups is 1. The van der Waals surface area contributed by atoms with Gasteiger partial charge >= 0.3 is 6.18 Å². The van der Waals surface area contributed by atoms with E-state index in [0.717, 1.165) is 11.6 Å². The number of alkyl halides is 3. The Morgan fingerprint density at radius 1 is 1.35 bits per heavy atom. The highest BCUT2D eigenvalue weighted by Crippen LogP contribution is 2.45. The largest absolute Gasteiger partial charge is 0.417 e. The molecular formula is C24H27F3N4O3. The van der Waals surface area contributed by atoms with Crippen molar-refractivity contribution in [2.24, 2.45) is 11.3 Å². The molecule has 0 unspecified atom stereocenters. The Balaban J connectivity index is 1.55. The number of ether oxygens (including phenoxy) is 1. The van der Waals surface area contributed by atoms with Gasteiger partial charge in [0.15, 0.2) is 0 Å². The number of nitrogens with zero attached hydrogens (tertiary/aromatic N) is 4. The van der Waals surface area contributed by atoms with Gasteiger partial charge in [-0.15, -0.1) is 0 Å². The Labute approximate surface area is 196 Å². The first-order valence-electron chi connectivity index (χ1n) is 11.1. The number of rotatable bonds is 5. The molecule has 2 aliphatic heterocycles. The number of fused-ring (bicyclic) bond motifs is 1. The van der Waals surface area contributed by atoms with Gasteiger partial charge in [0.1, 0.15) is 5.76 Å². The van der Waals surface area contributed by atoms with Crippen molar-refractivity contribution in [1.29, 1.82) is 5.26 Å². The van der Waals surface area contributed by atoms with Crippen molar-refractivity contribution in [3.05, 3.63) is 46.3 Å². The number of amides is 1. The molecule has 2 saturated heterocycles. The van der Waals surface area contributed by atoms with Gasteiger partial charge in [-0.05, 0) is 38.5 Å². The van der Waals surface area contributed by atoms with Crippen LogP contribution in [0, 0.1) is 36.5 Å². The number of anilines is 1. The second-order valence-electron chi connectivity index (χ2n) is 9.28. The monoisotopic (exact) mass is 476 g/mol. The highest BCUT2D eigenvalue weighted by atomic mass is 19.4. The zero-order chi connectivity index (χ0) is 24.7. The minimum Gasteiger partial charge on any atom is -0.384 e. The molecule has 2 atom stereocenters. The molecule has 0 N–H and O–H groups in total. The average molecular weight is 476 g/mol. The van der Waals surface area contributed by atoms with Crippen LogP contribution in [0.3, 0.4) is 0 Å². The molecule has 0 radical (unpaired) electrons. The second kappa shape index (κ2) is 8.95. The Morgan fingerprint density at radius 3 is 2.74 bits per heavy atom. The molecule has 2 aromatic rings. The number of aryl methyl sites for hydroxylation is 2. The van der Waals surface area contributed by atoms with Crippen LogP contribution in [0.1, 0.15) is 34.6 Å². The molecule has 1 aromatic carbocycles. The summed E-state index contributed by atoms with van der Waals surface area (Å²) in [6.07, 6.45) is -3.71. The van der Waals surface area contributed by atoms with Crippen molar-refractivity contribution in [2.75, 3.05) is 44.8 Å². The third-order valence-corrected chi connectivity index (χ3v) is 7.22. The molecular weight excluding hydrogens is 449 g/mol. The van der Waals surface area contributed by atoms with Gasteiger partial charge in [-0.25, -0.2) is 0 Å². The number of hydrogen-bond donors (Lipinski definition) is 0. The van der Waals surface area contributed by atoms with Crippen LogP contribution in [0.15, 0.2) is 22.7 Å². The fourth-order valence-corrected chi connectivity index (χ4v) is 5.31. The number of methoxy groups -OCH3 is 1. The summed E-state index contributed by atoms with van der Waals surface area (Å²) < 4.78 is 51.2. The maximum atomic E-state index is 13.5. The molecule has 182 valence electrons. The molecule has 2 aliphatic rings. The number of halogens is 3. The molecule has 0 spiro atoms. The van der Waals surface area contributed by atoms with Gasteiger partial charge in [0, 0.05) is 55.9 Å². The second-order valence-corrected chi connectivity index (χ2v) is 9.28. The van der Waals surface area contributed by atoms with E-state index in [-0.39, 0.29) is 23.7 Å². The topological polar surface area (TPSA) is 82.6 Å². The summed E-state index contributed by atoms with van der Waals surface area (Å²) in [5.74, 6) is 0.654. The van der Waals surface area contributed by atoms with Gasteiger partial charge < -0.3 is 19.1 Å². The molecule has 0 saturated carbocycles.